The van der Waals surface area contributed by atoms with Crippen molar-refractivity contribution in [1.29, 1.82) is 0 Å². The van der Waals surface area contributed by atoms with E-state index in [9.17, 15) is 8.42 Å². The van der Waals surface area contributed by atoms with Crippen molar-refractivity contribution in [1.82, 2.24) is 24.2 Å². The van der Waals surface area contributed by atoms with E-state index in [0.29, 0.717) is 37.6 Å². The van der Waals surface area contributed by atoms with Gasteiger partial charge in [0.15, 0.2) is 5.76 Å². The first-order chi connectivity index (χ1) is 11.4. The Kier molecular flexibility index (Phi) is 4.35. The Balaban J connectivity index is 1.78. The Morgan fingerprint density at radius 3 is 2.29 bits per heavy atom. The number of rotatable bonds is 4. The summed E-state index contributed by atoms with van der Waals surface area (Å²) in [5, 5.41) is 12.1. The molecule has 1 aliphatic heterocycles. The van der Waals surface area contributed by atoms with Crippen molar-refractivity contribution in [2.24, 2.45) is 0 Å². The van der Waals surface area contributed by atoms with Crippen molar-refractivity contribution in [2.75, 3.05) is 31.1 Å². The number of hydrogen-bond donors (Lipinski definition) is 0. The Hall–Kier alpha value is -1.94. The predicted molar refractivity (Wildman–Crippen MR) is 87.4 cm³/mol. The van der Waals surface area contributed by atoms with Crippen LogP contribution < -0.4 is 4.90 Å². The lowest BCUT2D eigenvalue weighted by molar-refractivity contribution is 0.375. The molecule has 1 saturated heterocycles. The van der Waals surface area contributed by atoms with Gasteiger partial charge in [0.05, 0.1) is 0 Å². The lowest BCUT2D eigenvalue weighted by atomic mass is 10.4. The van der Waals surface area contributed by atoms with Gasteiger partial charge in [-0.3, -0.25) is 4.57 Å². The molecule has 3 heterocycles. The molecule has 0 N–H and O–H groups in total. The van der Waals surface area contributed by atoms with Crippen LogP contribution in [0, 0.1) is 20.8 Å². The highest BCUT2D eigenvalue weighted by Gasteiger charge is 2.34. The maximum Gasteiger partial charge on any atom is 0.248 e. The minimum Gasteiger partial charge on any atom is -0.360 e. The van der Waals surface area contributed by atoms with E-state index in [0.717, 1.165) is 18.3 Å². The van der Waals surface area contributed by atoms with Crippen LogP contribution >= 0.6 is 0 Å². The van der Waals surface area contributed by atoms with Crippen molar-refractivity contribution < 1.29 is 12.9 Å². The Morgan fingerprint density at radius 2 is 1.75 bits per heavy atom. The van der Waals surface area contributed by atoms with Crippen LogP contribution in [0.3, 0.4) is 0 Å². The van der Waals surface area contributed by atoms with Gasteiger partial charge >= 0.3 is 0 Å². The molecule has 24 heavy (non-hydrogen) atoms. The van der Waals surface area contributed by atoms with E-state index in [-0.39, 0.29) is 4.90 Å². The van der Waals surface area contributed by atoms with Crippen molar-refractivity contribution >= 4 is 16.0 Å². The third-order valence-corrected chi connectivity index (χ3v) is 6.46. The highest BCUT2D eigenvalue weighted by atomic mass is 32.2. The zero-order valence-electron chi connectivity index (χ0n) is 14.4. The maximum atomic E-state index is 12.8. The van der Waals surface area contributed by atoms with Gasteiger partial charge in [0.2, 0.25) is 16.0 Å². The van der Waals surface area contributed by atoms with Crippen molar-refractivity contribution in [3.63, 3.8) is 0 Å². The highest BCUT2D eigenvalue weighted by Crippen LogP contribution is 2.25. The molecule has 2 aromatic heterocycles. The van der Waals surface area contributed by atoms with E-state index in [1.54, 1.807) is 13.8 Å². The molecule has 0 bridgehead atoms. The summed E-state index contributed by atoms with van der Waals surface area (Å²) in [5.41, 5.74) is 0.399. The summed E-state index contributed by atoms with van der Waals surface area (Å²) >= 11 is 0. The average molecular weight is 354 g/mol. The van der Waals surface area contributed by atoms with Gasteiger partial charge in [-0.25, -0.2) is 8.42 Å². The minimum atomic E-state index is -3.59. The second kappa shape index (κ2) is 6.17. The van der Waals surface area contributed by atoms with Gasteiger partial charge < -0.3 is 9.42 Å². The summed E-state index contributed by atoms with van der Waals surface area (Å²) < 4.78 is 34.2. The second-order valence-electron chi connectivity index (χ2n) is 5.84. The molecule has 132 valence electrons. The van der Waals surface area contributed by atoms with Gasteiger partial charge in [0, 0.05) is 32.7 Å². The Labute approximate surface area is 141 Å². The quantitative estimate of drug-likeness (QED) is 0.798. The molecule has 9 nitrogen and oxygen atoms in total. The fourth-order valence-corrected chi connectivity index (χ4v) is 4.79. The van der Waals surface area contributed by atoms with E-state index in [1.165, 1.54) is 4.31 Å². The van der Waals surface area contributed by atoms with Gasteiger partial charge in [-0.05, 0) is 27.7 Å². The third-order valence-electron chi connectivity index (χ3n) is 4.32. The van der Waals surface area contributed by atoms with Crippen LogP contribution in [0.15, 0.2) is 9.42 Å². The number of aromatic nitrogens is 4. The third kappa shape index (κ3) is 2.69. The fourth-order valence-electron chi connectivity index (χ4n) is 3.07. The molecule has 0 saturated carbocycles. The zero-order valence-corrected chi connectivity index (χ0v) is 15.2. The minimum absolute atomic E-state index is 0.184. The molecule has 0 aliphatic carbocycles. The van der Waals surface area contributed by atoms with E-state index in [2.05, 4.69) is 20.3 Å². The number of sulfonamides is 1. The van der Waals surface area contributed by atoms with Crippen LogP contribution in [0.2, 0.25) is 0 Å². The smallest absolute Gasteiger partial charge is 0.248 e. The monoisotopic (exact) mass is 354 g/mol. The maximum absolute atomic E-state index is 12.8. The normalized spacial score (nSPS) is 16.8. The van der Waals surface area contributed by atoms with Crippen LogP contribution in [0.5, 0.6) is 0 Å². The number of hydrogen-bond acceptors (Lipinski definition) is 7. The molecule has 0 amide bonds. The molecule has 0 atom stereocenters. The molecule has 3 rings (SSSR count). The number of piperazine rings is 1. The largest absolute Gasteiger partial charge is 0.360 e. The van der Waals surface area contributed by atoms with Crippen LogP contribution in [0.25, 0.3) is 0 Å². The van der Waals surface area contributed by atoms with Crippen LogP contribution in [-0.2, 0) is 16.6 Å². The van der Waals surface area contributed by atoms with Gasteiger partial charge in [-0.2, -0.15) is 4.31 Å². The predicted octanol–water partition coefficient (Wildman–Crippen LogP) is 0.722. The molecule has 0 radical (unpaired) electrons. The van der Waals surface area contributed by atoms with Gasteiger partial charge in [0.25, 0.3) is 0 Å². The molecule has 10 heteroatoms. The van der Waals surface area contributed by atoms with Crippen LogP contribution in [0.1, 0.15) is 24.2 Å². The molecule has 1 aliphatic rings. The first kappa shape index (κ1) is 16.9. The molecule has 0 unspecified atom stereocenters. The van der Waals surface area contributed by atoms with E-state index >= 15 is 0 Å². The topological polar surface area (TPSA) is 97.4 Å². The molecule has 1 fully saturated rings. The number of aryl methyl sites for hydroxylation is 3. The summed E-state index contributed by atoms with van der Waals surface area (Å²) in [6.07, 6.45) is 0. The Bertz CT molecular complexity index is 813. The van der Waals surface area contributed by atoms with E-state index in [4.69, 9.17) is 4.52 Å². The lowest BCUT2D eigenvalue weighted by Crippen LogP contribution is -2.49. The summed E-state index contributed by atoms with van der Waals surface area (Å²) in [5.74, 6) is 1.99. The van der Waals surface area contributed by atoms with E-state index in [1.807, 2.05) is 18.4 Å². The van der Waals surface area contributed by atoms with Gasteiger partial charge in [0.1, 0.15) is 16.4 Å². The first-order valence-corrected chi connectivity index (χ1v) is 9.38. The first-order valence-electron chi connectivity index (χ1n) is 7.94. The number of anilines is 1. The summed E-state index contributed by atoms with van der Waals surface area (Å²) in [6.45, 7) is 9.93. The Morgan fingerprint density at radius 1 is 1.08 bits per heavy atom. The van der Waals surface area contributed by atoms with Crippen molar-refractivity contribution in [3.05, 3.63) is 17.3 Å². The molecule has 2 aromatic rings. The standard InChI is InChI=1S/C14H22N6O3S/c1-5-20-12(4)15-16-14(20)18-6-8-19(9-7-18)24(21,22)13-10(2)17-23-11(13)3/h5-9H2,1-4H3. The summed E-state index contributed by atoms with van der Waals surface area (Å²) in [4.78, 5) is 2.26. The number of nitrogens with zero attached hydrogens (tertiary/aromatic N) is 6. The molecule has 0 aromatic carbocycles. The SMILES string of the molecule is CCn1c(C)nnc1N1CCN(S(=O)(=O)c2c(C)noc2C)CC1. The highest BCUT2D eigenvalue weighted by molar-refractivity contribution is 7.89. The van der Waals surface area contributed by atoms with Gasteiger partial charge in [-0.1, -0.05) is 5.16 Å². The second-order valence-corrected chi connectivity index (χ2v) is 7.71. The summed E-state index contributed by atoms with van der Waals surface area (Å²) in [6, 6.07) is 0. The van der Waals surface area contributed by atoms with Crippen LogP contribution in [-0.4, -0.2) is 58.8 Å². The molecular formula is C14H22N6O3S. The van der Waals surface area contributed by atoms with Crippen LogP contribution in [0.4, 0.5) is 5.95 Å². The molecule has 0 spiro atoms. The van der Waals surface area contributed by atoms with Crippen molar-refractivity contribution in [3.8, 4) is 0 Å². The fraction of sp³-hybridized carbons (Fsp3) is 0.643. The van der Waals surface area contributed by atoms with Crippen molar-refractivity contribution in [2.45, 2.75) is 39.1 Å². The average Bonchev–Trinajstić information content (AvgIpc) is 3.09. The van der Waals surface area contributed by atoms with E-state index < -0.39 is 10.0 Å². The summed E-state index contributed by atoms with van der Waals surface area (Å²) in [7, 11) is -3.59. The lowest BCUT2D eigenvalue weighted by Gasteiger charge is -2.34. The van der Waals surface area contributed by atoms with Gasteiger partial charge in [-0.15, -0.1) is 10.2 Å². The molecular weight excluding hydrogens is 332 g/mol. The zero-order chi connectivity index (χ0) is 17.5.